The molecular formula is C12H24N4O. The van der Waals surface area contributed by atoms with Crippen molar-refractivity contribution in [2.24, 2.45) is 5.84 Å². The van der Waals surface area contributed by atoms with Gasteiger partial charge in [-0.05, 0) is 32.7 Å². The first-order chi connectivity index (χ1) is 8.17. The van der Waals surface area contributed by atoms with Gasteiger partial charge in [0.25, 0.3) is 5.91 Å². The fraction of sp³-hybridized carbons (Fsp3) is 0.917. The molecule has 0 saturated carbocycles. The van der Waals surface area contributed by atoms with Gasteiger partial charge in [0, 0.05) is 25.2 Å². The van der Waals surface area contributed by atoms with E-state index in [2.05, 4.69) is 22.3 Å². The second kappa shape index (κ2) is 5.33. The zero-order valence-electron chi connectivity index (χ0n) is 10.9. The lowest BCUT2D eigenvalue weighted by atomic mass is 10.1. The summed E-state index contributed by atoms with van der Waals surface area (Å²) in [5.41, 5.74) is 2.29. The third-order valence-electron chi connectivity index (χ3n) is 4.45. The minimum absolute atomic E-state index is 0.0482. The number of hydrogen-bond donors (Lipinski definition) is 2. The highest BCUT2D eigenvalue weighted by atomic mass is 16.2. The lowest BCUT2D eigenvalue weighted by molar-refractivity contribution is -0.126. The molecule has 1 amide bonds. The molecule has 2 aliphatic rings. The van der Waals surface area contributed by atoms with Crippen LogP contribution in [0.4, 0.5) is 0 Å². The Labute approximate surface area is 103 Å². The number of rotatable bonds is 3. The molecule has 2 saturated heterocycles. The van der Waals surface area contributed by atoms with Crippen LogP contribution in [0, 0.1) is 0 Å². The van der Waals surface area contributed by atoms with Gasteiger partial charge in [0.1, 0.15) is 0 Å². The average molecular weight is 240 g/mol. The smallest absolute Gasteiger partial charge is 0.251 e. The van der Waals surface area contributed by atoms with Crippen LogP contribution >= 0.6 is 0 Å². The number of hydrazine groups is 1. The Kier molecular flexibility index (Phi) is 4.01. The van der Waals surface area contributed by atoms with Gasteiger partial charge in [0.2, 0.25) is 0 Å². The summed E-state index contributed by atoms with van der Waals surface area (Å²) in [6, 6.07) is 1.26. The van der Waals surface area contributed by atoms with E-state index in [1.54, 1.807) is 0 Å². The number of nitrogens with one attached hydrogen (secondary N) is 1. The van der Waals surface area contributed by atoms with E-state index in [4.69, 9.17) is 5.84 Å². The standard InChI is InChI=1S/C12H24N4O/c1-3-11(12(17)14-13)16-7-6-9-4-5-10(8-16)15(9)2/h9-11H,3-8,13H2,1-2H3,(H,14,17). The van der Waals surface area contributed by atoms with Crippen molar-refractivity contribution in [1.29, 1.82) is 0 Å². The number of carbonyl (C=O) groups excluding carboxylic acids is 1. The number of carbonyl (C=O) groups is 1. The first-order valence-corrected chi connectivity index (χ1v) is 6.63. The minimum atomic E-state index is -0.0623. The second-order valence-corrected chi connectivity index (χ2v) is 5.27. The van der Waals surface area contributed by atoms with E-state index < -0.39 is 0 Å². The highest BCUT2D eigenvalue weighted by molar-refractivity contribution is 5.81. The number of amides is 1. The summed E-state index contributed by atoms with van der Waals surface area (Å²) in [5, 5.41) is 0. The van der Waals surface area contributed by atoms with Crippen molar-refractivity contribution in [1.82, 2.24) is 15.2 Å². The summed E-state index contributed by atoms with van der Waals surface area (Å²) >= 11 is 0. The quantitative estimate of drug-likeness (QED) is 0.412. The van der Waals surface area contributed by atoms with E-state index in [0.717, 1.165) is 19.5 Å². The Morgan fingerprint density at radius 2 is 2.12 bits per heavy atom. The minimum Gasteiger partial charge on any atom is -0.299 e. The molecule has 5 nitrogen and oxygen atoms in total. The van der Waals surface area contributed by atoms with Crippen LogP contribution < -0.4 is 11.3 Å². The molecule has 0 aliphatic carbocycles. The Morgan fingerprint density at radius 3 is 2.76 bits per heavy atom. The van der Waals surface area contributed by atoms with Crippen LogP contribution in [0.3, 0.4) is 0 Å². The van der Waals surface area contributed by atoms with E-state index in [1.807, 2.05) is 6.92 Å². The zero-order chi connectivity index (χ0) is 12.4. The maximum absolute atomic E-state index is 11.8. The van der Waals surface area contributed by atoms with E-state index in [-0.39, 0.29) is 11.9 Å². The largest absolute Gasteiger partial charge is 0.299 e. The Morgan fingerprint density at radius 1 is 1.41 bits per heavy atom. The van der Waals surface area contributed by atoms with Gasteiger partial charge in [-0.15, -0.1) is 0 Å². The van der Waals surface area contributed by atoms with Gasteiger partial charge in [-0.2, -0.15) is 0 Å². The molecule has 2 rings (SSSR count). The first-order valence-electron chi connectivity index (χ1n) is 6.63. The van der Waals surface area contributed by atoms with Gasteiger partial charge >= 0.3 is 0 Å². The van der Waals surface area contributed by atoms with E-state index in [1.165, 1.54) is 19.3 Å². The van der Waals surface area contributed by atoms with Crippen LogP contribution in [0.25, 0.3) is 0 Å². The summed E-state index contributed by atoms with van der Waals surface area (Å²) < 4.78 is 0. The zero-order valence-corrected chi connectivity index (χ0v) is 10.9. The van der Waals surface area contributed by atoms with Gasteiger partial charge in [0.05, 0.1) is 6.04 Å². The Hall–Kier alpha value is -0.650. The molecule has 3 unspecified atom stereocenters. The fourth-order valence-electron chi connectivity index (χ4n) is 3.32. The van der Waals surface area contributed by atoms with Crippen LogP contribution in [-0.2, 0) is 4.79 Å². The molecule has 0 aromatic rings. The summed E-state index contributed by atoms with van der Waals surface area (Å²) in [6.07, 6.45) is 4.57. The molecule has 98 valence electrons. The predicted octanol–water partition coefficient (Wildman–Crippen LogP) is -0.0766. The SMILES string of the molecule is CCC(C(=O)NN)N1CCC2CCC(C1)N2C. The highest BCUT2D eigenvalue weighted by Crippen LogP contribution is 2.29. The normalized spacial score (nSPS) is 32.2. The van der Waals surface area contributed by atoms with Crippen LogP contribution in [0.1, 0.15) is 32.6 Å². The lowest BCUT2D eigenvalue weighted by Crippen LogP contribution is -2.51. The molecule has 0 spiro atoms. The van der Waals surface area contributed by atoms with Crippen LogP contribution in [-0.4, -0.2) is 54.0 Å². The number of nitrogens with two attached hydrogens (primary N) is 1. The summed E-state index contributed by atoms with van der Waals surface area (Å²) in [4.78, 5) is 16.6. The van der Waals surface area contributed by atoms with Crippen LogP contribution in [0.15, 0.2) is 0 Å². The van der Waals surface area contributed by atoms with E-state index in [0.29, 0.717) is 12.1 Å². The number of nitrogens with zero attached hydrogens (tertiary/aromatic N) is 2. The third kappa shape index (κ3) is 2.46. The molecule has 2 aliphatic heterocycles. The Balaban J connectivity index is 2.04. The van der Waals surface area contributed by atoms with Crippen molar-refractivity contribution in [2.75, 3.05) is 20.1 Å². The van der Waals surface area contributed by atoms with Crippen molar-refractivity contribution >= 4 is 5.91 Å². The van der Waals surface area contributed by atoms with Gasteiger partial charge in [-0.25, -0.2) is 5.84 Å². The molecule has 0 radical (unpaired) electrons. The molecule has 3 atom stereocenters. The molecule has 2 fully saturated rings. The van der Waals surface area contributed by atoms with Crippen LogP contribution in [0.5, 0.6) is 0 Å². The number of fused-ring (bicyclic) bond motifs is 2. The van der Waals surface area contributed by atoms with Gasteiger partial charge < -0.3 is 0 Å². The first kappa shape index (κ1) is 12.8. The van der Waals surface area contributed by atoms with Gasteiger partial charge in [-0.3, -0.25) is 20.0 Å². The van der Waals surface area contributed by atoms with Crippen molar-refractivity contribution in [3.05, 3.63) is 0 Å². The topological polar surface area (TPSA) is 61.6 Å². The molecule has 0 aromatic carbocycles. The maximum atomic E-state index is 11.8. The average Bonchev–Trinajstić information content (AvgIpc) is 2.56. The second-order valence-electron chi connectivity index (χ2n) is 5.27. The van der Waals surface area contributed by atoms with E-state index >= 15 is 0 Å². The van der Waals surface area contributed by atoms with Crippen molar-refractivity contribution < 1.29 is 4.79 Å². The lowest BCUT2D eigenvalue weighted by Gasteiger charge is -2.31. The fourth-order valence-corrected chi connectivity index (χ4v) is 3.32. The summed E-state index contributed by atoms with van der Waals surface area (Å²) in [5.74, 6) is 5.21. The van der Waals surface area contributed by atoms with Crippen LogP contribution in [0.2, 0.25) is 0 Å². The van der Waals surface area contributed by atoms with Gasteiger partial charge in [0.15, 0.2) is 0 Å². The Bertz CT molecular complexity index is 284. The molecule has 2 bridgehead atoms. The monoisotopic (exact) mass is 240 g/mol. The third-order valence-corrected chi connectivity index (χ3v) is 4.45. The molecule has 17 heavy (non-hydrogen) atoms. The van der Waals surface area contributed by atoms with Crippen molar-refractivity contribution in [3.63, 3.8) is 0 Å². The summed E-state index contributed by atoms with van der Waals surface area (Å²) in [6.45, 7) is 4.06. The highest BCUT2D eigenvalue weighted by Gasteiger charge is 2.37. The predicted molar refractivity (Wildman–Crippen MR) is 67.2 cm³/mol. The molecular weight excluding hydrogens is 216 g/mol. The van der Waals surface area contributed by atoms with Crippen molar-refractivity contribution in [2.45, 2.75) is 50.7 Å². The molecule has 3 N–H and O–H groups in total. The number of likely N-dealkylation sites (N-methyl/N-ethyl adjacent to an activating group) is 1. The maximum Gasteiger partial charge on any atom is 0.251 e. The van der Waals surface area contributed by atoms with E-state index in [9.17, 15) is 4.79 Å². The van der Waals surface area contributed by atoms with Crippen molar-refractivity contribution in [3.8, 4) is 0 Å². The molecule has 5 heteroatoms. The molecule has 0 aromatic heterocycles. The molecule has 2 heterocycles. The van der Waals surface area contributed by atoms with Gasteiger partial charge in [-0.1, -0.05) is 6.92 Å². The summed E-state index contributed by atoms with van der Waals surface area (Å²) in [7, 11) is 2.22. The number of likely N-dealkylation sites (tertiary alicyclic amines) is 1. The number of hydrogen-bond acceptors (Lipinski definition) is 4.